The molecule has 0 aliphatic carbocycles. The van der Waals surface area contributed by atoms with Crippen LogP contribution < -0.4 is 24.2 Å². The van der Waals surface area contributed by atoms with Gasteiger partial charge in [0.2, 0.25) is 5.69 Å². The Balaban J connectivity index is 0.000000257. The number of rotatable bonds is 4. The second kappa shape index (κ2) is 11.5. The Morgan fingerprint density at radius 3 is 2.37 bits per heavy atom. The molecule has 38 heavy (non-hydrogen) atoms. The summed E-state index contributed by atoms with van der Waals surface area (Å²) in [6.07, 6.45) is 5.95. The minimum atomic E-state index is -4.27. The number of aryl methyl sites for hydroxylation is 1. The van der Waals surface area contributed by atoms with Crippen LogP contribution in [0.25, 0.3) is 11.1 Å². The van der Waals surface area contributed by atoms with E-state index in [1.165, 1.54) is 28.4 Å². The summed E-state index contributed by atoms with van der Waals surface area (Å²) >= 11 is 3.19. The van der Waals surface area contributed by atoms with Gasteiger partial charge in [0.1, 0.15) is 24.3 Å². The maximum atomic E-state index is 12.9. The second-order valence-electron chi connectivity index (χ2n) is 8.55. The van der Waals surface area contributed by atoms with E-state index in [1.54, 1.807) is 28.5 Å². The van der Waals surface area contributed by atoms with Crippen molar-refractivity contribution in [2.24, 2.45) is 7.05 Å². The number of allylic oxidation sites excluding steroid dienone is 1. The number of nitrogens with zero attached hydrogens (tertiary/aromatic N) is 3. The number of para-hydroxylation sites is 1. The van der Waals surface area contributed by atoms with Crippen molar-refractivity contribution in [1.82, 2.24) is 4.57 Å². The zero-order valence-corrected chi connectivity index (χ0v) is 23.6. The summed E-state index contributed by atoms with van der Waals surface area (Å²) in [6.45, 7) is 6.37. The molecule has 0 bridgehead atoms. The average molecular weight is 566 g/mol. The van der Waals surface area contributed by atoms with E-state index in [4.69, 9.17) is 0 Å². The van der Waals surface area contributed by atoms with Crippen molar-refractivity contribution in [1.29, 1.82) is 0 Å². The van der Waals surface area contributed by atoms with E-state index >= 15 is 0 Å². The van der Waals surface area contributed by atoms with Crippen LogP contribution in [0.2, 0.25) is 0 Å². The third kappa shape index (κ3) is 5.99. The number of aromatic nitrogens is 2. The van der Waals surface area contributed by atoms with E-state index in [0.717, 1.165) is 37.7 Å². The first-order chi connectivity index (χ1) is 18.1. The Morgan fingerprint density at radius 2 is 1.71 bits per heavy atom. The number of hydrogen-bond acceptors (Lipinski definition) is 7. The SMILES string of the molecule is C=CC[n+]1ccccc1/C=c1\s/c(=C2/Sc3ccccc3N2C)c(=O)n1C.Cc1ccc(S(=O)(=O)[O-])cc1. The first-order valence-corrected chi connectivity index (χ1v) is 14.7. The summed E-state index contributed by atoms with van der Waals surface area (Å²) in [5.74, 6) is 0. The lowest BCUT2D eigenvalue weighted by Crippen LogP contribution is -2.36. The van der Waals surface area contributed by atoms with Crippen molar-refractivity contribution in [3.63, 3.8) is 0 Å². The van der Waals surface area contributed by atoms with Gasteiger partial charge in [0.15, 0.2) is 12.7 Å². The highest BCUT2D eigenvalue weighted by atomic mass is 32.2. The fraction of sp³-hybridized carbons (Fsp3) is 0.143. The molecule has 2 aromatic heterocycles. The predicted molar refractivity (Wildman–Crippen MR) is 152 cm³/mol. The molecular formula is C28H27N3O4S3. The minimum absolute atomic E-state index is 0.0413. The van der Waals surface area contributed by atoms with E-state index in [9.17, 15) is 17.8 Å². The Kier molecular flexibility index (Phi) is 8.37. The molecule has 0 radical (unpaired) electrons. The first kappa shape index (κ1) is 27.6. The van der Waals surface area contributed by atoms with Gasteiger partial charge >= 0.3 is 0 Å². The van der Waals surface area contributed by atoms with Crippen LogP contribution in [0.5, 0.6) is 0 Å². The molecule has 196 valence electrons. The molecule has 4 aromatic rings. The van der Waals surface area contributed by atoms with Gasteiger partial charge in [-0.15, -0.1) is 11.3 Å². The van der Waals surface area contributed by atoms with Crippen LogP contribution in [0.4, 0.5) is 5.69 Å². The zero-order chi connectivity index (χ0) is 27.4. The van der Waals surface area contributed by atoms with Gasteiger partial charge in [-0.2, -0.15) is 4.57 Å². The summed E-state index contributed by atoms with van der Waals surface area (Å²) < 4.78 is 36.7. The first-order valence-electron chi connectivity index (χ1n) is 11.6. The molecular weight excluding hydrogens is 539 g/mol. The van der Waals surface area contributed by atoms with Gasteiger partial charge in [0, 0.05) is 37.2 Å². The molecule has 0 unspecified atom stereocenters. The van der Waals surface area contributed by atoms with Crippen molar-refractivity contribution in [2.45, 2.75) is 23.3 Å². The lowest BCUT2D eigenvalue weighted by atomic mass is 10.2. The number of pyridine rings is 1. The lowest BCUT2D eigenvalue weighted by molar-refractivity contribution is -0.688. The van der Waals surface area contributed by atoms with Crippen LogP contribution >= 0.6 is 23.1 Å². The Hall–Kier alpha value is -3.44. The van der Waals surface area contributed by atoms with Gasteiger partial charge < -0.3 is 14.0 Å². The monoisotopic (exact) mass is 565 g/mol. The maximum Gasteiger partial charge on any atom is 0.271 e. The van der Waals surface area contributed by atoms with Crippen LogP contribution in [0.15, 0.2) is 100 Å². The molecule has 3 heterocycles. The number of thioether (sulfide) groups is 1. The van der Waals surface area contributed by atoms with Crippen molar-refractivity contribution in [2.75, 3.05) is 11.9 Å². The van der Waals surface area contributed by atoms with Crippen LogP contribution in [0, 0.1) is 6.92 Å². The molecule has 0 saturated heterocycles. The topological polar surface area (TPSA) is 86.3 Å². The smallest absolute Gasteiger partial charge is 0.271 e. The molecule has 0 N–H and O–H groups in total. The summed E-state index contributed by atoms with van der Waals surface area (Å²) in [5.41, 5.74) is 3.16. The number of benzene rings is 2. The zero-order valence-electron chi connectivity index (χ0n) is 21.2. The summed E-state index contributed by atoms with van der Waals surface area (Å²) in [6, 6.07) is 20.1. The number of fused-ring (bicyclic) bond motifs is 1. The molecule has 0 fully saturated rings. The maximum absolute atomic E-state index is 12.9. The molecule has 2 aromatic carbocycles. The van der Waals surface area contributed by atoms with E-state index in [0.29, 0.717) is 0 Å². The van der Waals surface area contributed by atoms with Gasteiger partial charge in [-0.1, -0.05) is 48.2 Å². The summed E-state index contributed by atoms with van der Waals surface area (Å²) in [4.78, 5) is 16.1. The highest BCUT2D eigenvalue weighted by molar-refractivity contribution is 8.08. The summed E-state index contributed by atoms with van der Waals surface area (Å²) in [5, 5.41) is 0.994. The van der Waals surface area contributed by atoms with Crippen molar-refractivity contribution < 1.29 is 17.5 Å². The van der Waals surface area contributed by atoms with Gasteiger partial charge in [-0.05, 0) is 43.3 Å². The van der Waals surface area contributed by atoms with Crippen LogP contribution in [-0.2, 0) is 23.7 Å². The highest BCUT2D eigenvalue weighted by Gasteiger charge is 2.24. The molecule has 0 atom stereocenters. The molecule has 10 heteroatoms. The third-order valence-corrected chi connectivity index (χ3v) is 9.24. The van der Waals surface area contributed by atoms with Gasteiger partial charge in [0.25, 0.3) is 5.56 Å². The van der Waals surface area contributed by atoms with E-state index in [-0.39, 0.29) is 10.5 Å². The highest BCUT2D eigenvalue weighted by Crippen LogP contribution is 2.44. The van der Waals surface area contributed by atoms with Crippen molar-refractivity contribution >= 4 is 50.0 Å². The largest absolute Gasteiger partial charge is 0.744 e. The second-order valence-corrected chi connectivity index (χ2v) is 12.0. The lowest BCUT2D eigenvalue weighted by Gasteiger charge is -2.11. The van der Waals surface area contributed by atoms with Gasteiger partial charge in [0.05, 0.1) is 10.6 Å². The third-order valence-electron chi connectivity index (χ3n) is 5.85. The molecule has 0 amide bonds. The quantitative estimate of drug-likeness (QED) is 0.215. The minimum Gasteiger partial charge on any atom is -0.744 e. The fourth-order valence-electron chi connectivity index (χ4n) is 3.79. The molecule has 0 saturated carbocycles. The molecule has 5 rings (SSSR count). The standard InChI is InChI=1S/C21H20N3OS2.C7H8O3S/c1-4-12-24-13-8-7-9-15(24)14-18-23(3)20(25)19(27-18)21-22(2)16-10-5-6-11-17(16)26-21;1-6-2-4-7(5-3-6)11(8,9)10/h4-11,13-14H,1,12H2,2-3H3;2-5H,1H3,(H,8,9,10)/q+1;/p-1/b21-19+;. The van der Waals surface area contributed by atoms with Gasteiger partial charge in [-0.3, -0.25) is 4.79 Å². The molecule has 1 aliphatic heterocycles. The van der Waals surface area contributed by atoms with Crippen molar-refractivity contribution in [3.05, 3.63) is 116 Å². The molecule has 7 nitrogen and oxygen atoms in total. The van der Waals surface area contributed by atoms with Crippen LogP contribution in [-0.4, -0.2) is 24.6 Å². The number of thiazole rings is 1. The van der Waals surface area contributed by atoms with Crippen molar-refractivity contribution in [3.8, 4) is 0 Å². The van der Waals surface area contributed by atoms with Crippen LogP contribution in [0.1, 0.15) is 11.3 Å². The fourth-order valence-corrected chi connectivity index (χ4v) is 6.65. The van der Waals surface area contributed by atoms with Crippen LogP contribution in [0.3, 0.4) is 0 Å². The number of hydrogen-bond donors (Lipinski definition) is 0. The Bertz CT molecular complexity index is 1770. The number of anilines is 1. The van der Waals surface area contributed by atoms with Gasteiger partial charge in [-0.25, -0.2) is 8.42 Å². The van der Waals surface area contributed by atoms with E-state index < -0.39 is 10.1 Å². The predicted octanol–water partition coefficient (Wildman–Crippen LogP) is 2.96. The summed E-state index contributed by atoms with van der Waals surface area (Å²) in [7, 11) is -0.414. The van der Waals surface area contributed by atoms with E-state index in [1.807, 2.05) is 63.6 Å². The molecule has 1 aliphatic rings. The molecule has 0 spiro atoms. The Morgan fingerprint density at radius 1 is 1.03 bits per heavy atom. The average Bonchev–Trinajstić information content (AvgIpc) is 3.36. The normalized spacial score (nSPS) is 14.6. The Labute approximate surface area is 230 Å². The van der Waals surface area contributed by atoms with E-state index in [2.05, 4.69) is 34.3 Å².